The summed E-state index contributed by atoms with van der Waals surface area (Å²) in [5.41, 5.74) is 3.65. The largest absolute Gasteiger partial charge is 0.507 e. The van der Waals surface area contributed by atoms with Crippen LogP contribution < -0.4 is 14.9 Å². The number of benzene rings is 4. The van der Waals surface area contributed by atoms with Crippen molar-refractivity contribution in [2.45, 2.75) is 13.3 Å². The van der Waals surface area contributed by atoms with Crippen LogP contribution in [0.15, 0.2) is 90.0 Å². The molecule has 0 atom stereocenters. The number of ether oxygens (including phenoxy) is 2. The average molecular weight is 469 g/mol. The molecule has 0 unspecified atom stereocenters. The lowest BCUT2D eigenvalue weighted by Gasteiger charge is -2.07. The first kappa shape index (κ1) is 23.5. The lowest BCUT2D eigenvalue weighted by atomic mass is 10.1. The van der Waals surface area contributed by atoms with Crippen molar-refractivity contribution in [1.29, 1.82) is 0 Å². The Bertz CT molecular complexity index is 1360. The molecule has 0 saturated carbocycles. The molecule has 4 aromatic carbocycles. The third-order valence-corrected chi connectivity index (χ3v) is 5.14. The molecule has 7 nitrogen and oxygen atoms in total. The van der Waals surface area contributed by atoms with Gasteiger partial charge >= 0.3 is 5.97 Å². The van der Waals surface area contributed by atoms with Gasteiger partial charge < -0.3 is 14.6 Å². The molecule has 176 valence electrons. The van der Waals surface area contributed by atoms with Gasteiger partial charge in [-0.15, -0.1) is 0 Å². The average Bonchev–Trinajstić information content (AvgIpc) is 2.88. The van der Waals surface area contributed by atoms with Gasteiger partial charge in [0.1, 0.15) is 17.2 Å². The molecule has 7 heteroatoms. The molecule has 0 heterocycles. The smallest absolute Gasteiger partial charge is 0.343 e. The van der Waals surface area contributed by atoms with Crippen molar-refractivity contribution in [3.05, 3.63) is 102 Å². The van der Waals surface area contributed by atoms with Crippen LogP contribution in [0.4, 0.5) is 0 Å². The Balaban J connectivity index is 1.33. The second-order valence-corrected chi connectivity index (χ2v) is 7.75. The van der Waals surface area contributed by atoms with E-state index in [1.165, 1.54) is 6.21 Å². The molecule has 0 bridgehead atoms. The van der Waals surface area contributed by atoms with E-state index in [-0.39, 0.29) is 11.3 Å². The molecule has 0 aliphatic carbocycles. The Kier molecular flexibility index (Phi) is 7.37. The summed E-state index contributed by atoms with van der Waals surface area (Å²) in [5, 5.41) is 15.8. The topological polar surface area (TPSA) is 97.2 Å². The van der Waals surface area contributed by atoms with Crippen molar-refractivity contribution in [2.24, 2.45) is 5.10 Å². The van der Waals surface area contributed by atoms with E-state index in [9.17, 15) is 14.7 Å². The summed E-state index contributed by atoms with van der Waals surface area (Å²) in [6, 6.07) is 24.1. The molecule has 0 fully saturated rings. The van der Waals surface area contributed by atoms with Crippen molar-refractivity contribution in [3.63, 3.8) is 0 Å². The zero-order valence-corrected chi connectivity index (χ0v) is 19.1. The van der Waals surface area contributed by atoms with E-state index in [1.54, 1.807) is 60.7 Å². The number of hydrogen-bond donors (Lipinski definition) is 2. The van der Waals surface area contributed by atoms with Crippen LogP contribution in [0, 0.1) is 0 Å². The van der Waals surface area contributed by atoms with Crippen molar-refractivity contribution in [1.82, 2.24) is 5.43 Å². The van der Waals surface area contributed by atoms with Gasteiger partial charge in [-0.1, -0.05) is 31.2 Å². The van der Waals surface area contributed by atoms with Crippen LogP contribution >= 0.6 is 0 Å². The van der Waals surface area contributed by atoms with Crippen molar-refractivity contribution < 1.29 is 24.2 Å². The molecule has 1 amide bonds. The number of rotatable bonds is 8. The molecular formula is C28H24N2O5. The number of carbonyl (C=O) groups is 2. The molecule has 0 radical (unpaired) electrons. The van der Waals surface area contributed by atoms with E-state index < -0.39 is 11.9 Å². The number of carbonyl (C=O) groups excluding carboxylic acids is 2. The molecule has 0 aliphatic heterocycles. The number of aromatic hydroxyl groups is 1. The van der Waals surface area contributed by atoms with Gasteiger partial charge in [0.25, 0.3) is 5.91 Å². The number of amides is 1. The number of hydrogen-bond acceptors (Lipinski definition) is 6. The molecule has 4 rings (SSSR count). The lowest BCUT2D eigenvalue weighted by molar-refractivity contribution is 0.0734. The SMILES string of the molecule is CCCOc1ccc(C(=O)Oc2ccc(/C=N/NC(=O)c3cc4ccccc4cc3O)cc2)cc1. The van der Waals surface area contributed by atoms with E-state index in [0.717, 1.165) is 17.2 Å². The Morgan fingerprint density at radius 2 is 1.57 bits per heavy atom. The second kappa shape index (κ2) is 11.0. The summed E-state index contributed by atoms with van der Waals surface area (Å²) in [6.45, 7) is 2.64. The number of hydrazone groups is 1. The van der Waals surface area contributed by atoms with Gasteiger partial charge in [0, 0.05) is 0 Å². The number of fused-ring (bicyclic) bond motifs is 1. The normalized spacial score (nSPS) is 10.9. The van der Waals surface area contributed by atoms with Crippen LogP contribution in [-0.2, 0) is 0 Å². The van der Waals surface area contributed by atoms with Gasteiger partial charge in [-0.2, -0.15) is 5.10 Å². The second-order valence-electron chi connectivity index (χ2n) is 7.75. The summed E-state index contributed by atoms with van der Waals surface area (Å²) in [5.74, 6) is -0.0404. The maximum Gasteiger partial charge on any atom is 0.343 e. The van der Waals surface area contributed by atoms with E-state index in [0.29, 0.717) is 29.2 Å². The predicted octanol–water partition coefficient (Wildman–Crippen LogP) is 5.32. The maximum absolute atomic E-state index is 12.4. The van der Waals surface area contributed by atoms with E-state index in [2.05, 4.69) is 10.5 Å². The minimum atomic E-state index is -0.527. The summed E-state index contributed by atoms with van der Waals surface area (Å²) >= 11 is 0. The number of phenols is 1. The minimum absolute atomic E-state index is 0.120. The highest BCUT2D eigenvalue weighted by Gasteiger charge is 2.12. The van der Waals surface area contributed by atoms with Crippen molar-refractivity contribution in [3.8, 4) is 17.2 Å². The van der Waals surface area contributed by atoms with Crippen LogP contribution in [0.5, 0.6) is 17.2 Å². The van der Waals surface area contributed by atoms with Crippen LogP contribution in [0.1, 0.15) is 39.6 Å². The zero-order valence-electron chi connectivity index (χ0n) is 19.1. The number of esters is 1. The highest BCUT2D eigenvalue weighted by Crippen LogP contribution is 2.25. The van der Waals surface area contributed by atoms with Crippen molar-refractivity contribution in [2.75, 3.05) is 6.61 Å². The third-order valence-electron chi connectivity index (χ3n) is 5.14. The number of phenolic OH excluding ortho intramolecular Hbond substituents is 1. The predicted molar refractivity (Wildman–Crippen MR) is 134 cm³/mol. The Hall–Kier alpha value is -4.65. The summed E-state index contributed by atoms with van der Waals surface area (Å²) in [7, 11) is 0. The van der Waals surface area contributed by atoms with Crippen LogP contribution in [-0.4, -0.2) is 29.8 Å². The monoisotopic (exact) mass is 468 g/mol. The Morgan fingerprint density at radius 1 is 0.914 bits per heavy atom. The Morgan fingerprint density at radius 3 is 2.26 bits per heavy atom. The van der Waals surface area contributed by atoms with Gasteiger partial charge in [0.15, 0.2) is 0 Å². The lowest BCUT2D eigenvalue weighted by Crippen LogP contribution is -2.17. The van der Waals surface area contributed by atoms with E-state index in [4.69, 9.17) is 9.47 Å². The summed E-state index contributed by atoms with van der Waals surface area (Å²) in [6.07, 6.45) is 2.36. The first-order valence-electron chi connectivity index (χ1n) is 11.1. The van der Waals surface area contributed by atoms with Gasteiger partial charge in [0.2, 0.25) is 0 Å². The molecular weight excluding hydrogens is 444 g/mol. The Labute approximate surface area is 202 Å². The van der Waals surface area contributed by atoms with Crippen LogP contribution in [0.25, 0.3) is 10.8 Å². The summed E-state index contributed by atoms with van der Waals surface area (Å²) in [4.78, 5) is 24.8. The van der Waals surface area contributed by atoms with Crippen LogP contribution in [0.2, 0.25) is 0 Å². The fourth-order valence-corrected chi connectivity index (χ4v) is 3.33. The van der Waals surface area contributed by atoms with Crippen molar-refractivity contribution >= 4 is 28.9 Å². The van der Waals surface area contributed by atoms with E-state index in [1.807, 2.05) is 31.2 Å². The fourth-order valence-electron chi connectivity index (χ4n) is 3.33. The molecule has 2 N–H and O–H groups in total. The molecule has 0 aromatic heterocycles. The number of nitrogens with zero attached hydrogens (tertiary/aromatic N) is 1. The van der Waals surface area contributed by atoms with Gasteiger partial charge in [-0.3, -0.25) is 4.79 Å². The number of nitrogens with one attached hydrogen (secondary N) is 1. The zero-order chi connectivity index (χ0) is 24.6. The first-order chi connectivity index (χ1) is 17.0. The van der Waals surface area contributed by atoms with E-state index >= 15 is 0 Å². The maximum atomic E-state index is 12.4. The van der Waals surface area contributed by atoms with Gasteiger partial charge in [-0.25, -0.2) is 10.2 Å². The fraction of sp³-hybridized carbons (Fsp3) is 0.107. The highest BCUT2D eigenvalue weighted by atomic mass is 16.5. The molecule has 0 saturated heterocycles. The quantitative estimate of drug-likeness (QED) is 0.158. The van der Waals surface area contributed by atoms with Gasteiger partial charge in [0.05, 0.1) is 23.9 Å². The first-order valence-corrected chi connectivity index (χ1v) is 11.1. The standard InChI is InChI=1S/C28H24N2O5/c1-2-15-34-23-13-9-20(10-14-23)28(33)35-24-11-7-19(8-12-24)18-29-30-27(32)25-16-21-5-3-4-6-22(21)17-26(25)31/h3-14,16-18,31H,2,15H2,1H3,(H,30,32)/b29-18+. The minimum Gasteiger partial charge on any atom is -0.507 e. The third kappa shape index (κ3) is 6.03. The highest BCUT2D eigenvalue weighted by molar-refractivity contribution is 6.01. The molecule has 4 aromatic rings. The molecule has 0 aliphatic rings. The van der Waals surface area contributed by atoms with Gasteiger partial charge in [-0.05, 0) is 83.4 Å². The molecule has 0 spiro atoms. The summed E-state index contributed by atoms with van der Waals surface area (Å²) < 4.78 is 10.9. The molecule has 35 heavy (non-hydrogen) atoms. The van der Waals surface area contributed by atoms with Crippen LogP contribution in [0.3, 0.4) is 0 Å².